The van der Waals surface area contributed by atoms with Gasteiger partial charge in [0.25, 0.3) is 0 Å². The quantitative estimate of drug-likeness (QED) is 0.299. The highest BCUT2D eigenvalue weighted by Crippen LogP contribution is 2.11. The second kappa shape index (κ2) is 11.6. The van der Waals surface area contributed by atoms with Crippen molar-refractivity contribution in [3.63, 3.8) is 0 Å². The van der Waals surface area contributed by atoms with Gasteiger partial charge in [-0.05, 0) is 31.2 Å². The standard InChI is InChI=1S/C16H23FN6O2.HI/c1-3-18-16(20-9-15-21-11-22-23(15)2)19-8-13(24)10-25-14-6-4-12(17)5-7-14;/h4-7,11,13,24H,3,8-10H2,1-2H3,(H2,18,19,20);1H. The Morgan fingerprint density at radius 3 is 2.69 bits per heavy atom. The third kappa shape index (κ3) is 7.52. The maximum Gasteiger partial charge on any atom is 0.191 e. The van der Waals surface area contributed by atoms with Crippen LogP contribution in [0.25, 0.3) is 0 Å². The number of benzene rings is 1. The Morgan fingerprint density at radius 2 is 2.08 bits per heavy atom. The topological polar surface area (TPSA) is 96.6 Å². The third-order valence-electron chi connectivity index (χ3n) is 3.29. The van der Waals surface area contributed by atoms with Gasteiger partial charge in [-0.25, -0.2) is 14.4 Å². The van der Waals surface area contributed by atoms with E-state index >= 15 is 0 Å². The molecule has 0 aliphatic carbocycles. The number of aryl methyl sites for hydroxylation is 1. The molecule has 2 rings (SSSR count). The van der Waals surface area contributed by atoms with Gasteiger partial charge in [0.05, 0.1) is 0 Å². The molecule has 1 atom stereocenters. The zero-order valence-electron chi connectivity index (χ0n) is 14.7. The molecule has 1 unspecified atom stereocenters. The van der Waals surface area contributed by atoms with Crippen LogP contribution >= 0.6 is 24.0 Å². The number of aliphatic hydroxyl groups is 1. The Morgan fingerprint density at radius 1 is 1.35 bits per heavy atom. The van der Waals surface area contributed by atoms with E-state index in [9.17, 15) is 9.50 Å². The van der Waals surface area contributed by atoms with Crippen LogP contribution in [-0.2, 0) is 13.6 Å². The van der Waals surface area contributed by atoms with Crippen molar-refractivity contribution < 1.29 is 14.2 Å². The molecular weight excluding hydrogens is 454 g/mol. The Bertz CT molecular complexity index is 680. The van der Waals surface area contributed by atoms with Gasteiger partial charge in [-0.3, -0.25) is 4.68 Å². The lowest BCUT2D eigenvalue weighted by molar-refractivity contribution is 0.110. The number of guanidine groups is 1. The first kappa shape index (κ1) is 22.1. The summed E-state index contributed by atoms with van der Waals surface area (Å²) >= 11 is 0. The number of ether oxygens (including phenoxy) is 1. The van der Waals surface area contributed by atoms with E-state index in [1.165, 1.54) is 30.6 Å². The van der Waals surface area contributed by atoms with Gasteiger partial charge in [0.1, 0.15) is 43.0 Å². The highest BCUT2D eigenvalue weighted by molar-refractivity contribution is 14.0. The Labute approximate surface area is 168 Å². The molecule has 10 heteroatoms. The summed E-state index contributed by atoms with van der Waals surface area (Å²) in [5.41, 5.74) is 0. The van der Waals surface area contributed by atoms with Crippen LogP contribution in [0.1, 0.15) is 12.7 Å². The normalized spacial score (nSPS) is 12.2. The van der Waals surface area contributed by atoms with Gasteiger partial charge in [-0.2, -0.15) is 5.10 Å². The summed E-state index contributed by atoms with van der Waals surface area (Å²) in [6, 6.07) is 5.65. The lowest BCUT2D eigenvalue weighted by atomic mass is 10.3. The molecule has 0 saturated heterocycles. The minimum Gasteiger partial charge on any atom is -0.491 e. The zero-order valence-corrected chi connectivity index (χ0v) is 17.1. The van der Waals surface area contributed by atoms with Crippen LogP contribution in [0.5, 0.6) is 5.75 Å². The monoisotopic (exact) mass is 478 g/mol. The number of hydrogen-bond donors (Lipinski definition) is 3. The van der Waals surface area contributed by atoms with E-state index < -0.39 is 6.10 Å². The number of nitrogens with zero attached hydrogens (tertiary/aromatic N) is 4. The maximum absolute atomic E-state index is 12.8. The number of nitrogens with one attached hydrogen (secondary N) is 2. The Kier molecular flexibility index (Phi) is 9.88. The van der Waals surface area contributed by atoms with Gasteiger partial charge in [-0.1, -0.05) is 0 Å². The van der Waals surface area contributed by atoms with Crippen molar-refractivity contribution in [1.82, 2.24) is 25.4 Å². The summed E-state index contributed by atoms with van der Waals surface area (Å²) in [6.07, 6.45) is 0.727. The molecule has 0 saturated carbocycles. The van der Waals surface area contributed by atoms with Gasteiger partial charge in [-0.15, -0.1) is 24.0 Å². The van der Waals surface area contributed by atoms with Crippen LogP contribution in [0.15, 0.2) is 35.6 Å². The molecule has 2 aromatic rings. The predicted molar refractivity (Wildman–Crippen MR) is 107 cm³/mol. The summed E-state index contributed by atoms with van der Waals surface area (Å²) < 4.78 is 19.9. The maximum atomic E-state index is 12.8. The van der Waals surface area contributed by atoms with E-state index in [1.54, 1.807) is 11.7 Å². The van der Waals surface area contributed by atoms with E-state index in [0.29, 0.717) is 24.8 Å². The fourth-order valence-corrected chi connectivity index (χ4v) is 1.95. The van der Waals surface area contributed by atoms with Gasteiger partial charge >= 0.3 is 0 Å². The van der Waals surface area contributed by atoms with Crippen LogP contribution in [0.4, 0.5) is 4.39 Å². The fraction of sp³-hybridized carbons (Fsp3) is 0.438. The number of hydrogen-bond acceptors (Lipinski definition) is 5. The number of aliphatic imine (C=N–C) groups is 1. The van der Waals surface area contributed by atoms with Gasteiger partial charge in [0.2, 0.25) is 0 Å². The molecule has 0 bridgehead atoms. The summed E-state index contributed by atoms with van der Waals surface area (Å²) in [6.45, 7) is 3.35. The molecule has 0 spiro atoms. The average molecular weight is 478 g/mol. The average Bonchev–Trinajstić information content (AvgIpc) is 3.02. The van der Waals surface area contributed by atoms with Crippen molar-refractivity contribution in [2.75, 3.05) is 19.7 Å². The summed E-state index contributed by atoms with van der Waals surface area (Å²) in [4.78, 5) is 8.50. The van der Waals surface area contributed by atoms with Crippen molar-refractivity contribution in [3.8, 4) is 5.75 Å². The molecule has 0 aliphatic heterocycles. The third-order valence-corrected chi connectivity index (χ3v) is 3.29. The fourth-order valence-electron chi connectivity index (χ4n) is 1.95. The molecule has 1 heterocycles. The largest absolute Gasteiger partial charge is 0.491 e. The molecule has 3 N–H and O–H groups in total. The molecule has 26 heavy (non-hydrogen) atoms. The molecule has 1 aromatic heterocycles. The first-order valence-electron chi connectivity index (χ1n) is 8.00. The minimum atomic E-state index is -0.747. The van der Waals surface area contributed by atoms with Crippen LogP contribution in [0.2, 0.25) is 0 Å². The van der Waals surface area contributed by atoms with E-state index in [0.717, 1.165) is 5.82 Å². The summed E-state index contributed by atoms with van der Waals surface area (Å²) in [5, 5.41) is 20.1. The summed E-state index contributed by atoms with van der Waals surface area (Å²) in [7, 11) is 1.80. The highest BCUT2D eigenvalue weighted by atomic mass is 127. The molecule has 0 radical (unpaired) electrons. The lowest BCUT2D eigenvalue weighted by Crippen LogP contribution is -2.42. The van der Waals surface area contributed by atoms with E-state index in [-0.39, 0.29) is 42.9 Å². The SMILES string of the molecule is CCNC(=NCc1ncnn1C)NCC(O)COc1ccc(F)cc1.I. The number of halogens is 2. The minimum absolute atomic E-state index is 0. The molecule has 0 fully saturated rings. The van der Waals surface area contributed by atoms with E-state index in [2.05, 4.69) is 25.7 Å². The van der Waals surface area contributed by atoms with Crippen LogP contribution in [0.3, 0.4) is 0 Å². The Balaban J connectivity index is 0.00000338. The molecule has 0 aliphatic rings. The first-order chi connectivity index (χ1) is 12.1. The zero-order chi connectivity index (χ0) is 18.1. The van der Waals surface area contributed by atoms with E-state index in [1.807, 2.05) is 6.92 Å². The van der Waals surface area contributed by atoms with Crippen LogP contribution < -0.4 is 15.4 Å². The molecule has 8 nitrogen and oxygen atoms in total. The van der Waals surface area contributed by atoms with Crippen molar-refractivity contribution in [1.29, 1.82) is 0 Å². The van der Waals surface area contributed by atoms with Gasteiger partial charge < -0.3 is 20.5 Å². The molecular formula is C16H24FIN6O2. The lowest BCUT2D eigenvalue weighted by Gasteiger charge is -2.16. The number of aromatic nitrogens is 3. The number of aliphatic hydroxyl groups excluding tert-OH is 1. The predicted octanol–water partition coefficient (Wildman–Crippen LogP) is 1.07. The van der Waals surface area contributed by atoms with Crippen molar-refractivity contribution >= 4 is 29.9 Å². The second-order valence-electron chi connectivity index (χ2n) is 5.29. The highest BCUT2D eigenvalue weighted by Gasteiger charge is 2.08. The molecule has 1 aromatic carbocycles. The van der Waals surface area contributed by atoms with E-state index in [4.69, 9.17) is 4.74 Å². The first-order valence-corrected chi connectivity index (χ1v) is 8.00. The summed E-state index contributed by atoms with van der Waals surface area (Å²) in [5.74, 6) is 1.47. The van der Waals surface area contributed by atoms with Crippen molar-refractivity contribution in [2.24, 2.45) is 12.0 Å². The van der Waals surface area contributed by atoms with Crippen LogP contribution in [-0.4, -0.2) is 51.6 Å². The molecule has 0 amide bonds. The number of rotatable bonds is 8. The Hall–Kier alpha value is -1.95. The van der Waals surface area contributed by atoms with Gasteiger partial charge in [0, 0.05) is 20.1 Å². The second-order valence-corrected chi connectivity index (χ2v) is 5.29. The molecule has 144 valence electrons. The van der Waals surface area contributed by atoms with Crippen molar-refractivity contribution in [3.05, 3.63) is 42.2 Å². The van der Waals surface area contributed by atoms with Crippen molar-refractivity contribution in [2.45, 2.75) is 19.6 Å². The van der Waals surface area contributed by atoms with Gasteiger partial charge in [0.15, 0.2) is 5.96 Å². The smallest absolute Gasteiger partial charge is 0.191 e. The van der Waals surface area contributed by atoms with Crippen LogP contribution in [0, 0.1) is 5.82 Å².